The Hall–Kier alpha value is -1.88. The van der Waals surface area contributed by atoms with Crippen molar-refractivity contribution in [1.29, 1.82) is 0 Å². The van der Waals surface area contributed by atoms with Gasteiger partial charge in [0.25, 0.3) is 5.56 Å². The van der Waals surface area contributed by atoms with Gasteiger partial charge in [-0.25, -0.2) is 4.79 Å². The number of benzene rings is 1. The van der Waals surface area contributed by atoms with Gasteiger partial charge in [-0.3, -0.25) is 9.36 Å². The van der Waals surface area contributed by atoms with Gasteiger partial charge in [0, 0.05) is 6.61 Å². The van der Waals surface area contributed by atoms with Crippen molar-refractivity contribution in [2.75, 3.05) is 13.2 Å². The van der Waals surface area contributed by atoms with Gasteiger partial charge in [-0.2, -0.15) is 0 Å². The molecule has 0 bridgehead atoms. The monoisotopic (exact) mass is 246 g/mol. The summed E-state index contributed by atoms with van der Waals surface area (Å²) < 4.78 is 6.52. The van der Waals surface area contributed by atoms with E-state index < -0.39 is 0 Å². The maximum atomic E-state index is 12.3. The van der Waals surface area contributed by atoms with E-state index in [0.29, 0.717) is 30.5 Å². The van der Waals surface area contributed by atoms with E-state index in [1.54, 1.807) is 6.07 Å². The summed E-state index contributed by atoms with van der Waals surface area (Å²) in [5.74, 6) is 0. The molecule has 1 unspecified atom stereocenters. The van der Waals surface area contributed by atoms with E-state index >= 15 is 0 Å². The van der Waals surface area contributed by atoms with E-state index in [1.165, 1.54) is 4.57 Å². The van der Waals surface area contributed by atoms with Crippen LogP contribution in [0.15, 0.2) is 27.8 Å². The van der Waals surface area contributed by atoms with E-state index in [4.69, 9.17) is 4.74 Å². The van der Waals surface area contributed by atoms with Gasteiger partial charge < -0.3 is 9.72 Å². The molecule has 1 aliphatic rings. The quantitative estimate of drug-likeness (QED) is 0.815. The molecule has 0 radical (unpaired) electrons. The SMILES string of the molecule is Cc1ccc2c(=O)n(C3CCOC3)c(=O)[nH]c2c1. The second-order valence-corrected chi connectivity index (χ2v) is 4.67. The zero-order valence-electron chi connectivity index (χ0n) is 10.1. The number of fused-ring (bicyclic) bond motifs is 1. The van der Waals surface area contributed by atoms with Crippen LogP contribution < -0.4 is 11.2 Å². The summed E-state index contributed by atoms with van der Waals surface area (Å²) >= 11 is 0. The minimum Gasteiger partial charge on any atom is -0.379 e. The van der Waals surface area contributed by atoms with Crippen molar-refractivity contribution in [3.8, 4) is 0 Å². The zero-order valence-corrected chi connectivity index (χ0v) is 10.1. The maximum absolute atomic E-state index is 12.3. The van der Waals surface area contributed by atoms with Gasteiger partial charge in [0.15, 0.2) is 0 Å². The molecule has 1 saturated heterocycles. The predicted molar refractivity (Wildman–Crippen MR) is 68.0 cm³/mol. The van der Waals surface area contributed by atoms with E-state index in [0.717, 1.165) is 5.56 Å². The standard InChI is InChI=1S/C13H14N2O3/c1-8-2-3-10-11(6-8)14-13(17)15(12(10)16)9-4-5-18-7-9/h2-3,6,9H,4-5,7H2,1H3,(H,14,17). The van der Waals surface area contributed by atoms with E-state index in [1.807, 2.05) is 19.1 Å². The molecule has 1 fully saturated rings. The molecule has 3 rings (SSSR count). The number of rotatable bonds is 1. The lowest BCUT2D eigenvalue weighted by Crippen LogP contribution is -2.38. The van der Waals surface area contributed by atoms with Crippen molar-refractivity contribution in [2.45, 2.75) is 19.4 Å². The Morgan fingerprint density at radius 3 is 2.94 bits per heavy atom. The number of aromatic amines is 1. The predicted octanol–water partition coefficient (Wildman–Crippen LogP) is 0.960. The first kappa shape index (κ1) is 11.2. The molecule has 1 aromatic carbocycles. The molecule has 0 spiro atoms. The molecule has 0 amide bonds. The van der Waals surface area contributed by atoms with Crippen LogP contribution in [0.5, 0.6) is 0 Å². The minimum atomic E-state index is -0.353. The molecular weight excluding hydrogens is 232 g/mol. The number of aromatic nitrogens is 2. The number of hydrogen-bond donors (Lipinski definition) is 1. The highest BCUT2D eigenvalue weighted by molar-refractivity contribution is 5.77. The molecule has 1 N–H and O–H groups in total. The number of aryl methyl sites for hydroxylation is 1. The summed E-state index contributed by atoms with van der Waals surface area (Å²) in [4.78, 5) is 27.1. The summed E-state index contributed by atoms with van der Waals surface area (Å²) in [7, 11) is 0. The normalized spacial score (nSPS) is 19.5. The molecule has 0 aliphatic carbocycles. The Kier molecular flexibility index (Phi) is 2.56. The van der Waals surface area contributed by atoms with Gasteiger partial charge >= 0.3 is 5.69 Å². The van der Waals surface area contributed by atoms with Gasteiger partial charge in [0.05, 0.1) is 23.6 Å². The second-order valence-electron chi connectivity index (χ2n) is 4.67. The van der Waals surface area contributed by atoms with Crippen LogP contribution in [0.3, 0.4) is 0 Å². The zero-order chi connectivity index (χ0) is 12.7. The average molecular weight is 246 g/mol. The summed E-state index contributed by atoms with van der Waals surface area (Å²) in [6.07, 6.45) is 0.709. The number of H-pyrrole nitrogens is 1. The van der Waals surface area contributed by atoms with Crippen LogP contribution in [0.1, 0.15) is 18.0 Å². The molecule has 5 heteroatoms. The summed E-state index contributed by atoms with van der Waals surface area (Å²) in [6.45, 7) is 2.96. The summed E-state index contributed by atoms with van der Waals surface area (Å²) in [5.41, 5.74) is 1.03. The third-order valence-corrected chi connectivity index (χ3v) is 3.36. The fraction of sp³-hybridized carbons (Fsp3) is 0.385. The smallest absolute Gasteiger partial charge is 0.329 e. The molecule has 1 atom stereocenters. The van der Waals surface area contributed by atoms with Crippen molar-refractivity contribution < 1.29 is 4.74 Å². The van der Waals surface area contributed by atoms with E-state index in [9.17, 15) is 9.59 Å². The van der Waals surface area contributed by atoms with Crippen LogP contribution in [0, 0.1) is 6.92 Å². The van der Waals surface area contributed by atoms with E-state index in [-0.39, 0.29) is 17.3 Å². The fourth-order valence-corrected chi connectivity index (χ4v) is 2.40. The Morgan fingerprint density at radius 2 is 2.22 bits per heavy atom. The first-order valence-corrected chi connectivity index (χ1v) is 6.00. The van der Waals surface area contributed by atoms with Crippen LogP contribution in [-0.2, 0) is 4.74 Å². The number of nitrogens with zero attached hydrogens (tertiary/aromatic N) is 1. The van der Waals surface area contributed by atoms with Gasteiger partial charge in [-0.1, -0.05) is 6.07 Å². The van der Waals surface area contributed by atoms with Crippen molar-refractivity contribution in [3.63, 3.8) is 0 Å². The lowest BCUT2D eigenvalue weighted by atomic mass is 10.1. The highest BCUT2D eigenvalue weighted by atomic mass is 16.5. The molecule has 5 nitrogen and oxygen atoms in total. The Balaban J connectivity index is 2.30. The van der Waals surface area contributed by atoms with Crippen LogP contribution >= 0.6 is 0 Å². The average Bonchev–Trinajstić information content (AvgIpc) is 2.82. The largest absolute Gasteiger partial charge is 0.379 e. The number of ether oxygens (including phenoxy) is 1. The second kappa shape index (κ2) is 4.10. The topological polar surface area (TPSA) is 64.1 Å². The van der Waals surface area contributed by atoms with Crippen LogP contribution in [0.2, 0.25) is 0 Å². The summed E-state index contributed by atoms with van der Waals surface area (Å²) in [5, 5.41) is 0.548. The lowest BCUT2D eigenvalue weighted by Gasteiger charge is -2.11. The van der Waals surface area contributed by atoms with Gasteiger partial charge in [-0.05, 0) is 31.0 Å². The van der Waals surface area contributed by atoms with Crippen molar-refractivity contribution in [1.82, 2.24) is 9.55 Å². The van der Waals surface area contributed by atoms with Gasteiger partial charge in [0.2, 0.25) is 0 Å². The summed E-state index contributed by atoms with van der Waals surface area (Å²) in [6, 6.07) is 5.30. The maximum Gasteiger partial charge on any atom is 0.329 e. The number of nitrogens with one attached hydrogen (secondary N) is 1. The molecular formula is C13H14N2O3. The fourth-order valence-electron chi connectivity index (χ4n) is 2.40. The third-order valence-electron chi connectivity index (χ3n) is 3.36. The van der Waals surface area contributed by atoms with Crippen LogP contribution in [0.25, 0.3) is 10.9 Å². The molecule has 18 heavy (non-hydrogen) atoms. The molecule has 2 aromatic rings. The lowest BCUT2D eigenvalue weighted by molar-refractivity contribution is 0.185. The molecule has 1 aromatic heterocycles. The Labute approximate surface area is 103 Å². The first-order chi connectivity index (χ1) is 8.66. The van der Waals surface area contributed by atoms with Gasteiger partial charge in [-0.15, -0.1) is 0 Å². The van der Waals surface area contributed by atoms with E-state index in [2.05, 4.69) is 4.98 Å². The molecule has 94 valence electrons. The molecule has 1 aliphatic heterocycles. The van der Waals surface area contributed by atoms with Crippen molar-refractivity contribution in [2.24, 2.45) is 0 Å². The van der Waals surface area contributed by atoms with Crippen molar-refractivity contribution >= 4 is 10.9 Å². The Bertz CT molecular complexity index is 708. The Morgan fingerprint density at radius 1 is 1.39 bits per heavy atom. The van der Waals surface area contributed by atoms with Gasteiger partial charge in [0.1, 0.15) is 0 Å². The molecule has 2 heterocycles. The van der Waals surface area contributed by atoms with Crippen molar-refractivity contribution in [3.05, 3.63) is 44.6 Å². The molecule has 0 saturated carbocycles. The highest BCUT2D eigenvalue weighted by Gasteiger charge is 2.21. The first-order valence-electron chi connectivity index (χ1n) is 6.00. The highest BCUT2D eigenvalue weighted by Crippen LogP contribution is 2.16. The third kappa shape index (κ3) is 1.67. The number of hydrogen-bond acceptors (Lipinski definition) is 3. The van der Waals surface area contributed by atoms with Crippen LogP contribution in [0.4, 0.5) is 0 Å². The minimum absolute atomic E-state index is 0.146. The van der Waals surface area contributed by atoms with Crippen LogP contribution in [-0.4, -0.2) is 22.8 Å².